The van der Waals surface area contributed by atoms with E-state index in [1.165, 1.54) is 6.21 Å². The first kappa shape index (κ1) is 21.0. The van der Waals surface area contributed by atoms with Crippen LogP contribution in [0, 0.1) is 0 Å². The number of rotatable bonds is 7. The number of hydrazone groups is 1. The molecule has 2 aromatic carbocycles. The van der Waals surface area contributed by atoms with Gasteiger partial charge in [0, 0.05) is 29.7 Å². The molecule has 0 unspecified atom stereocenters. The SMILES string of the molecule is Oc1ccc(Br)cc1/C=N\Nc1nc(NCc2ccccc2)nc(N2CCOCC2)n1. The minimum absolute atomic E-state index is 0.128. The average molecular weight is 484 g/mol. The summed E-state index contributed by atoms with van der Waals surface area (Å²) in [6, 6.07) is 15.1. The number of aromatic hydroxyl groups is 1. The van der Waals surface area contributed by atoms with Crippen LogP contribution in [0.5, 0.6) is 5.75 Å². The molecule has 0 amide bonds. The first-order chi connectivity index (χ1) is 15.2. The Hall–Kier alpha value is -3.24. The zero-order valence-corrected chi connectivity index (χ0v) is 18.3. The van der Waals surface area contributed by atoms with Gasteiger partial charge in [-0.05, 0) is 23.8 Å². The predicted octanol–water partition coefficient (Wildman–Crippen LogP) is 3.23. The molecule has 1 saturated heterocycles. The van der Waals surface area contributed by atoms with Crippen LogP contribution in [0.3, 0.4) is 0 Å². The Balaban J connectivity index is 1.53. The zero-order chi connectivity index (χ0) is 21.5. The number of hydrogen-bond acceptors (Lipinski definition) is 9. The van der Waals surface area contributed by atoms with Crippen molar-refractivity contribution in [1.29, 1.82) is 0 Å². The van der Waals surface area contributed by atoms with Crippen LogP contribution in [0.1, 0.15) is 11.1 Å². The van der Waals surface area contributed by atoms with E-state index in [9.17, 15) is 5.11 Å². The normalized spacial score (nSPS) is 14.0. The minimum Gasteiger partial charge on any atom is -0.507 e. The maximum atomic E-state index is 9.96. The van der Waals surface area contributed by atoms with Gasteiger partial charge in [0.15, 0.2) is 0 Å². The van der Waals surface area contributed by atoms with Crippen LogP contribution in [0.25, 0.3) is 0 Å². The quantitative estimate of drug-likeness (QED) is 0.347. The molecule has 1 fully saturated rings. The molecule has 1 aliphatic rings. The monoisotopic (exact) mass is 483 g/mol. The van der Waals surface area contributed by atoms with Gasteiger partial charge in [0.25, 0.3) is 0 Å². The zero-order valence-electron chi connectivity index (χ0n) is 16.7. The van der Waals surface area contributed by atoms with Crippen LogP contribution in [0.15, 0.2) is 58.1 Å². The van der Waals surface area contributed by atoms with Crippen LogP contribution in [-0.4, -0.2) is 52.6 Å². The number of halogens is 1. The van der Waals surface area contributed by atoms with Crippen molar-refractivity contribution in [2.75, 3.05) is 41.9 Å². The summed E-state index contributed by atoms with van der Waals surface area (Å²) in [5.74, 6) is 1.43. The van der Waals surface area contributed by atoms with Crippen LogP contribution in [0.4, 0.5) is 17.8 Å². The van der Waals surface area contributed by atoms with Crippen molar-refractivity contribution >= 4 is 40.0 Å². The lowest BCUT2D eigenvalue weighted by Crippen LogP contribution is -2.37. The summed E-state index contributed by atoms with van der Waals surface area (Å²) in [5, 5.41) is 17.4. The molecule has 0 spiro atoms. The molecule has 3 aromatic rings. The Morgan fingerprint density at radius 2 is 1.84 bits per heavy atom. The number of phenolic OH excluding ortho intramolecular Hbond substituents is 1. The van der Waals surface area contributed by atoms with Gasteiger partial charge >= 0.3 is 0 Å². The van der Waals surface area contributed by atoms with Crippen molar-refractivity contribution in [3.05, 3.63) is 64.1 Å². The largest absolute Gasteiger partial charge is 0.507 e. The Labute approximate surface area is 188 Å². The minimum atomic E-state index is 0.128. The average Bonchev–Trinajstić information content (AvgIpc) is 2.81. The van der Waals surface area contributed by atoms with Gasteiger partial charge in [-0.2, -0.15) is 20.1 Å². The van der Waals surface area contributed by atoms with E-state index in [0.717, 1.165) is 10.0 Å². The van der Waals surface area contributed by atoms with Crippen LogP contribution >= 0.6 is 15.9 Å². The molecule has 9 nitrogen and oxygen atoms in total. The number of anilines is 3. The highest BCUT2D eigenvalue weighted by atomic mass is 79.9. The number of nitrogens with zero attached hydrogens (tertiary/aromatic N) is 5. The summed E-state index contributed by atoms with van der Waals surface area (Å²) in [6.07, 6.45) is 1.51. The van der Waals surface area contributed by atoms with Gasteiger partial charge in [0.05, 0.1) is 19.4 Å². The number of phenols is 1. The summed E-state index contributed by atoms with van der Waals surface area (Å²) in [7, 11) is 0. The molecular formula is C21H22BrN7O2. The van der Waals surface area contributed by atoms with Crippen molar-refractivity contribution in [3.8, 4) is 5.75 Å². The van der Waals surface area contributed by atoms with Crippen molar-refractivity contribution in [2.24, 2.45) is 5.10 Å². The number of ether oxygens (including phenoxy) is 1. The molecule has 10 heteroatoms. The third kappa shape index (κ3) is 5.89. The van der Waals surface area contributed by atoms with E-state index in [1.54, 1.807) is 18.2 Å². The van der Waals surface area contributed by atoms with Crippen molar-refractivity contribution in [3.63, 3.8) is 0 Å². The van der Waals surface area contributed by atoms with Crippen molar-refractivity contribution in [2.45, 2.75) is 6.54 Å². The van der Waals surface area contributed by atoms with Gasteiger partial charge in [-0.25, -0.2) is 5.43 Å². The second-order valence-corrected chi connectivity index (χ2v) is 7.71. The molecule has 0 aliphatic carbocycles. The van der Waals surface area contributed by atoms with Gasteiger partial charge in [-0.3, -0.25) is 0 Å². The lowest BCUT2D eigenvalue weighted by molar-refractivity contribution is 0.122. The maximum Gasteiger partial charge on any atom is 0.250 e. The molecule has 160 valence electrons. The molecule has 0 bridgehead atoms. The number of aromatic nitrogens is 3. The highest BCUT2D eigenvalue weighted by molar-refractivity contribution is 9.10. The fraction of sp³-hybridized carbons (Fsp3) is 0.238. The summed E-state index contributed by atoms with van der Waals surface area (Å²) in [5.41, 5.74) is 4.52. The maximum absolute atomic E-state index is 9.96. The van der Waals surface area contributed by atoms with E-state index in [2.05, 4.69) is 46.7 Å². The molecule has 3 N–H and O–H groups in total. The Kier molecular flexibility index (Phi) is 6.90. The van der Waals surface area contributed by atoms with Gasteiger partial charge in [-0.1, -0.05) is 46.3 Å². The fourth-order valence-corrected chi connectivity index (χ4v) is 3.34. The second kappa shape index (κ2) is 10.2. The van der Waals surface area contributed by atoms with E-state index < -0.39 is 0 Å². The van der Waals surface area contributed by atoms with Gasteiger partial charge in [0.2, 0.25) is 17.8 Å². The van der Waals surface area contributed by atoms with Crippen LogP contribution in [0.2, 0.25) is 0 Å². The molecule has 4 rings (SSSR count). The van der Waals surface area contributed by atoms with Gasteiger partial charge in [0.1, 0.15) is 5.75 Å². The van der Waals surface area contributed by atoms with Crippen LogP contribution < -0.4 is 15.6 Å². The first-order valence-electron chi connectivity index (χ1n) is 9.81. The molecule has 1 aliphatic heterocycles. The Morgan fingerprint density at radius 3 is 2.65 bits per heavy atom. The number of benzene rings is 2. The van der Waals surface area contributed by atoms with E-state index in [0.29, 0.717) is 56.3 Å². The summed E-state index contributed by atoms with van der Waals surface area (Å²) in [4.78, 5) is 15.5. The highest BCUT2D eigenvalue weighted by Crippen LogP contribution is 2.20. The number of morpholine rings is 1. The van der Waals surface area contributed by atoms with E-state index >= 15 is 0 Å². The molecule has 31 heavy (non-hydrogen) atoms. The van der Waals surface area contributed by atoms with E-state index in [-0.39, 0.29) is 5.75 Å². The highest BCUT2D eigenvalue weighted by Gasteiger charge is 2.16. The molecule has 0 radical (unpaired) electrons. The molecule has 1 aromatic heterocycles. The topological polar surface area (TPSA) is 108 Å². The van der Waals surface area contributed by atoms with Gasteiger partial charge in [-0.15, -0.1) is 0 Å². The standard InChI is InChI=1S/C21H22BrN7O2/c22-17-6-7-18(30)16(12-17)14-24-28-20-25-19(23-13-15-4-2-1-3-5-15)26-21(27-20)29-8-10-31-11-9-29/h1-7,12,14,30H,8-11,13H2,(H2,23,25,26,27,28)/b24-14-. The fourth-order valence-electron chi connectivity index (χ4n) is 2.96. The molecule has 2 heterocycles. The van der Waals surface area contributed by atoms with E-state index in [4.69, 9.17) is 4.74 Å². The molecular weight excluding hydrogens is 462 g/mol. The number of hydrogen-bond donors (Lipinski definition) is 3. The third-order valence-corrected chi connectivity index (χ3v) is 5.06. The lowest BCUT2D eigenvalue weighted by atomic mass is 10.2. The summed E-state index contributed by atoms with van der Waals surface area (Å²) in [6.45, 7) is 3.25. The molecule has 0 saturated carbocycles. The molecule has 0 atom stereocenters. The Morgan fingerprint density at radius 1 is 1.06 bits per heavy atom. The first-order valence-corrected chi connectivity index (χ1v) is 10.6. The second-order valence-electron chi connectivity index (χ2n) is 6.79. The van der Waals surface area contributed by atoms with Crippen LogP contribution in [-0.2, 0) is 11.3 Å². The lowest BCUT2D eigenvalue weighted by Gasteiger charge is -2.27. The van der Waals surface area contributed by atoms with Crippen molar-refractivity contribution < 1.29 is 9.84 Å². The predicted molar refractivity (Wildman–Crippen MR) is 124 cm³/mol. The summed E-state index contributed by atoms with van der Waals surface area (Å²) >= 11 is 3.38. The summed E-state index contributed by atoms with van der Waals surface area (Å²) < 4.78 is 6.27. The Bertz CT molecular complexity index is 1040. The van der Waals surface area contributed by atoms with Gasteiger partial charge < -0.3 is 20.1 Å². The smallest absolute Gasteiger partial charge is 0.250 e. The van der Waals surface area contributed by atoms with E-state index in [1.807, 2.05) is 35.2 Å². The van der Waals surface area contributed by atoms with Crippen molar-refractivity contribution in [1.82, 2.24) is 15.0 Å². The third-order valence-electron chi connectivity index (χ3n) is 4.57. The number of nitrogens with one attached hydrogen (secondary N) is 2.